The number of ether oxygens (including phenoxy) is 1. The van der Waals surface area contributed by atoms with E-state index in [2.05, 4.69) is 17.4 Å². The van der Waals surface area contributed by atoms with Crippen LogP contribution in [0.5, 0.6) is 0 Å². The van der Waals surface area contributed by atoms with Crippen molar-refractivity contribution in [2.75, 3.05) is 26.7 Å². The van der Waals surface area contributed by atoms with Gasteiger partial charge in [0.05, 0.1) is 0 Å². The lowest BCUT2D eigenvalue weighted by Crippen LogP contribution is -2.34. The number of hydrogen-bond donors (Lipinski definition) is 1. The quantitative estimate of drug-likeness (QED) is 0.762. The van der Waals surface area contributed by atoms with Gasteiger partial charge in [-0.3, -0.25) is 0 Å². The maximum atomic E-state index is 11.9. The van der Waals surface area contributed by atoms with Crippen LogP contribution in [0.2, 0.25) is 0 Å². The number of rotatable bonds is 8. The second-order valence-corrected chi connectivity index (χ2v) is 5.45. The van der Waals surface area contributed by atoms with Crippen LogP contribution in [0.3, 0.4) is 0 Å². The Labute approximate surface area is 138 Å². The molecule has 2 aromatic carbocycles. The molecule has 4 heteroatoms. The van der Waals surface area contributed by atoms with Crippen molar-refractivity contribution in [3.63, 3.8) is 0 Å². The summed E-state index contributed by atoms with van der Waals surface area (Å²) in [5.41, 5.74) is 2.31. The molecule has 0 heterocycles. The Kier molecular flexibility index (Phi) is 7.14. The molecule has 1 amide bonds. The fourth-order valence-corrected chi connectivity index (χ4v) is 2.17. The molecule has 0 radical (unpaired) electrons. The van der Waals surface area contributed by atoms with Gasteiger partial charge in [0.15, 0.2) is 0 Å². The van der Waals surface area contributed by atoms with Crippen LogP contribution >= 0.6 is 0 Å². The van der Waals surface area contributed by atoms with Gasteiger partial charge in [0.1, 0.15) is 6.61 Å². The van der Waals surface area contributed by atoms with Crippen LogP contribution in [-0.4, -0.2) is 37.7 Å². The Morgan fingerprint density at radius 2 is 1.57 bits per heavy atom. The van der Waals surface area contributed by atoms with Gasteiger partial charge >= 0.3 is 6.09 Å². The maximum Gasteiger partial charge on any atom is 0.409 e. The van der Waals surface area contributed by atoms with Gasteiger partial charge in [-0.15, -0.1) is 0 Å². The Morgan fingerprint density at radius 3 is 2.22 bits per heavy atom. The minimum atomic E-state index is -0.293. The van der Waals surface area contributed by atoms with Crippen molar-refractivity contribution in [2.45, 2.75) is 13.0 Å². The van der Waals surface area contributed by atoms with E-state index in [0.29, 0.717) is 13.2 Å². The van der Waals surface area contributed by atoms with Crippen LogP contribution in [-0.2, 0) is 17.8 Å². The molecule has 0 atom stereocenters. The van der Waals surface area contributed by atoms with Crippen LogP contribution in [0.1, 0.15) is 11.1 Å². The van der Waals surface area contributed by atoms with Gasteiger partial charge in [0.25, 0.3) is 0 Å². The Morgan fingerprint density at radius 1 is 0.957 bits per heavy atom. The molecule has 0 unspecified atom stereocenters. The van der Waals surface area contributed by atoms with Crippen molar-refractivity contribution in [3.05, 3.63) is 71.8 Å². The molecule has 0 fully saturated rings. The molecule has 0 spiro atoms. The van der Waals surface area contributed by atoms with E-state index < -0.39 is 0 Å². The van der Waals surface area contributed by atoms with Crippen molar-refractivity contribution >= 4 is 6.09 Å². The van der Waals surface area contributed by atoms with Crippen LogP contribution in [0.25, 0.3) is 0 Å². The Balaban J connectivity index is 1.57. The molecular weight excluding hydrogens is 288 g/mol. The number of carbonyl (C=O) groups excluding carboxylic acids is 1. The number of carbonyl (C=O) groups is 1. The smallest absolute Gasteiger partial charge is 0.409 e. The molecule has 1 N–H and O–H groups in total. The maximum absolute atomic E-state index is 11.9. The summed E-state index contributed by atoms with van der Waals surface area (Å²) in [5, 5.41) is 3.34. The first-order valence-corrected chi connectivity index (χ1v) is 7.92. The standard InChI is InChI=1S/C19H24N2O2/c1-21(19(22)23-16-18-10-6-3-7-11-18)15-14-20-13-12-17-8-4-2-5-9-17/h2-11,20H,12-16H2,1H3. The first-order valence-electron chi connectivity index (χ1n) is 7.92. The van der Waals surface area contributed by atoms with E-state index in [1.807, 2.05) is 48.5 Å². The summed E-state index contributed by atoms with van der Waals surface area (Å²) in [5.74, 6) is 0. The minimum Gasteiger partial charge on any atom is -0.445 e. The number of hydrogen-bond acceptors (Lipinski definition) is 3. The number of nitrogens with one attached hydrogen (secondary N) is 1. The average Bonchev–Trinajstić information content (AvgIpc) is 2.61. The molecule has 2 aromatic rings. The molecule has 23 heavy (non-hydrogen) atoms. The van der Waals surface area contributed by atoms with Gasteiger partial charge < -0.3 is 15.0 Å². The predicted octanol–water partition coefficient (Wildman–Crippen LogP) is 3.09. The highest BCUT2D eigenvalue weighted by Gasteiger charge is 2.09. The summed E-state index contributed by atoms with van der Waals surface area (Å²) in [6.07, 6.45) is 0.696. The summed E-state index contributed by atoms with van der Waals surface area (Å²) in [7, 11) is 1.76. The highest BCUT2D eigenvalue weighted by Crippen LogP contribution is 2.02. The molecular formula is C19H24N2O2. The third kappa shape index (κ3) is 6.53. The molecule has 122 valence electrons. The second kappa shape index (κ2) is 9.64. The van der Waals surface area contributed by atoms with Gasteiger partial charge in [-0.2, -0.15) is 0 Å². The van der Waals surface area contributed by atoms with Crippen molar-refractivity contribution in [1.29, 1.82) is 0 Å². The van der Waals surface area contributed by atoms with E-state index in [1.54, 1.807) is 11.9 Å². The predicted molar refractivity (Wildman–Crippen MR) is 92.3 cm³/mol. The van der Waals surface area contributed by atoms with Crippen molar-refractivity contribution in [2.24, 2.45) is 0 Å². The molecule has 0 bridgehead atoms. The molecule has 2 rings (SSSR count). The monoisotopic (exact) mass is 312 g/mol. The third-order valence-corrected chi connectivity index (χ3v) is 3.57. The van der Waals surface area contributed by atoms with Gasteiger partial charge in [-0.1, -0.05) is 60.7 Å². The molecule has 4 nitrogen and oxygen atoms in total. The van der Waals surface area contributed by atoms with Crippen molar-refractivity contribution in [1.82, 2.24) is 10.2 Å². The molecule has 0 aliphatic carbocycles. The van der Waals surface area contributed by atoms with Crippen molar-refractivity contribution in [3.8, 4) is 0 Å². The van der Waals surface area contributed by atoms with Crippen LogP contribution in [0.15, 0.2) is 60.7 Å². The zero-order chi connectivity index (χ0) is 16.3. The lowest BCUT2D eigenvalue weighted by Gasteiger charge is -2.17. The Bertz CT molecular complexity index is 572. The number of likely N-dealkylation sites (N-methyl/N-ethyl adjacent to an activating group) is 1. The first kappa shape index (κ1) is 17.0. The van der Waals surface area contributed by atoms with Gasteiger partial charge in [0.2, 0.25) is 0 Å². The van der Waals surface area contributed by atoms with Crippen LogP contribution in [0, 0.1) is 0 Å². The zero-order valence-corrected chi connectivity index (χ0v) is 13.6. The van der Waals surface area contributed by atoms with E-state index in [1.165, 1.54) is 5.56 Å². The summed E-state index contributed by atoms with van der Waals surface area (Å²) in [6, 6.07) is 20.1. The fourth-order valence-electron chi connectivity index (χ4n) is 2.17. The van der Waals surface area contributed by atoms with E-state index in [0.717, 1.165) is 25.1 Å². The molecule has 0 saturated carbocycles. The topological polar surface area (TPSA) is 41.6 Å². The van der Waals surface area contributed by atoms with E-state index in [9.17, 15) is 4.79 Å². The van der Waals surface area contributed by atoms with Gasteiger partial charge in [-0.05, 0) is 24.1 Å². The highest BCUT2D eigenvalue weighted by molar-refractivity contribution is 5.67. The fraction of sp³-hybridized carbons (Fsp3) is 0.316. The highest BCUT2D eigenvalue weighted by atomic mass is 16.6. The third-order valence-electron chi connectivity index (χ3n) is 3.57. The largest absolute Gasteiger partial charge is 0.445 e. The number of benzene rings is 2. The molecule has 0 aliphatic rings. The lowest BCUT2D eigenvalue weighted by atomic mass is 10.1. The Hall–Kier alpha value is -2.33. The summed E-state index contributed by atoms with van der Waals surface area (Å²) in [4.78, 5) is 13.5. The lowest BCUT2D eigenvalue weighted by molar-refractivity contribution is 0.105. The minimum absolute atomic E-state index is 0.293. The van der Waals surface area contributed by atoms with E-state index >= 15 is 0 Å². The first-order chi connectivity index (χ1) is 11.3. The van der Waals surface area contributed by atoms with Gasteiger partial charge in [-0.25, -0.2) is 4.79 Å². The average molecular weight is 312 g/mol. The summed E-state index contributed by atoms with van der Waals surface area (Å²) >= 11 is 0. The summed E-state index contributed by atoms with van der Waals surface area (Å²) in [6.45, 7) is 2.59. The van der Waals surface area contributed by atoms with Crippen LogP contribution < -0.4 is 5.32 Å². The summed E-state index contributed by atoms with van der Waals surface area (Å²) < 4.78 is 5.28. The molecule has 0 aromatic heterocycles. The van der Waals surface area contributed by atoms with Crippen LogP contribution in [0.4, 0.5) is 4.79 Å². The van der Waals surface area contributed by atoms with E-state index in [4.69, 9.17) is 4.74 Å². The van der Waals surface area contributed by atoms with Crippen molar-refractivity contribution < 1.29 is 9.53 Å². The SMILES string of the molecule is CN(CCNCCc1ccccc1)C(=O)OCc1ccccc1. The number of amides is 1. The normalized spacial score (nSPS) is 10.3. The second-order valence-electron chi connectivity index (χ2n) is 5.45. The number of nitrogens with zero attached hydrogens (tertiary/aromatic N) is 1. The zero-order valence-electron chi connectivity index (χ0n) is 13.6. The van der Waals surface area contributed by atoms with Gasteiger partial charge in [0, 0.05) is 20.1 Å². The molecule has 0 aliphatic heterocycles. The molecule has 0 saturated heterocycles. The van der Waals surface area contributed by atoms with E-state index in [-0.39, 0.29) is 6.09 Å².